The van der Waals surface area contributed by atoms with E-state index < -0.39 is 4.92 Å². The molecule has 0 saturated carbocycles. The third-order valence-electron chi connectivity index (χ3n) is 2.56. The maximum atomic E-state index is 11.4. The molecule has 0 radical (unpaired) electrons. The van der Waals surface area contributed by atoms with Crippen molar-refractivity contribution in [3.63, 3.8) is 0 Å². The first-order chi connectivity index (χ1) is 7.50. The monoisotopic (exact) mass is 218 g/mol. The number of benzene rings is 1. The van der Waals surface area contributed by atoms with Crippen LogP contribution in [-0.2, 0) is 7.05 Å². The highest BCUT2D eigenvalue weighted by atomic mass is 16.6. The number of fused-ring (bicyclic) bond motifs is 1. The molecule has 5 heteroatoms. The number of nitro groups is 1. The van der Waals surface area contributed by atoms with Crippen LogP contribution in [-0.4, -0.2) is 15.3 Å². The SMILES string of the molecule is CC(=O)c1cn(C)c2ccc([N+](=O)[O-])cc12. The Morgan fingerprint density at radius 2 is 2.12 bits per heavy atom. The second kappa shape index (κ2) is 3.44. The number of rotatable bonds is 2. The van der Waals surface area contributed by atoms with Crippen LogP contribution in [0.15, 0.2) is 24.4 Å². The Morgan fingerprint density at radius 1 is 1.44 bits per heavy atom. The largest absolute Gasteiger partial charge is 0.350 e. The molecule has 5 nitrogen and oxygen atoms in total. The fourth-order valence-electron chi connectivity index (χ4n) is 1.77. The highest BCUT2D eigenvalue weighted by Crippen LogP contribution is 2.25. The molecule has 0 spiro atoms. The van der Waals surface area contributed by atoms with Gasteiger partial charge in [-0.15, -0.1) is 0 Å². The van der Waals surface area contributed by atoms with Gasteiger partial charge in [0.05, 0.1) is 4.92 Å². The smallest absolute Gasteiger partial charge is 0.270 e. The Bertz CT molecular complexity index is 599. The molecule has 0 fully saturated rings. The van der Waals surface area contributed by atoms with Crippen LogP contribution in [0.3, 0.4) is 0 Å². The van der Waals surface area contributed by atoms with E-state index in [4.69, 9.17) is 0 Å². The predicted octanol–water partition coefficient (Wildman–Crippen LogP) is 2.29. The van der Waals surface area contributed by atoms with Gasteiger partial charge in [-0.3, -0.25) is 14.9 Å². The molecule has 1 heterocycles. The maximum Gasteiger partial charge on any atom is 0.270 e. The lowest BCUT2D eigenvalue weighted by Gasteiger charge is -1.95. The van der Waals surface area contributed by atoms with Crippen molar-refractivity contribution in [2.24, 2.45) is 7.05 Å². The van der Waals surface area contributed by atoms with E-state index in [1.807, 2.05) is 0 Å². The maximum absolute atomic E-state index is 11.4. The van der Waals surface area contributed by atoms with Crippen molar-refractivity contribution in [1.29, 1.82) is 0 Å². The Morgan fingerprint density at radius 3 is 2.69 bits per heavy atom. The van der Waals surface area contributed by atoms with E-state index in [1.165, 1.54) is 19.1 Å². The van der Waals surface area contributed by atoms with E-state index in [-0.39, 0.29) is 11.5 Å². The molecule has 0 aliphatic heterocycles. The van der Waals surface area contributed by atoms with Crippen molar-refractivity contribution < 1.29 is 9.72 Å². The summed E-state index contributed by atoms with van der Waals surface area (Å²) < 4.78 is 1.79. The van der Waals surface area contributed by atoms with Gasteiger partial charge < -0.3 is 4.57 Å². The second-order valence-electron chi connectivity index (χ2n) is 3.67. The molecule has 2 rings (SSSR count). The molecular weight excluding hydrogens is 208 g/mol. The lowest BCUT2D eigenvalue weighted by atomic mass is 10.1. The number of hydrogen-bond acceptors (Lipinski definition) is 3. The van der Waals surface area contributed by atoms with Crippen molar-refractivity contribution in [2.45, 2.75) is 6.92 Å². The summed E-state index contributed by atoms with van der Waals surface area (Å²) in [7, 11) is 1.81. The minimum absolute atomic E-state index is 0.00111. The molecular formula is C11H10N2O3. The van der Waals surface area contributed by atoms with E-state index in [0.717, 1.165) is 5.52 Å². The fourth-order valence-corrected chi connectivity index (χ4v) is 1.77. The number of ketones is 1. The number of non-ortho nitro benzene ring substituents is 1. The molecule has 0 bridgehead atoms. The zero-order valence-corrected chi connectivity index (χ0v) is 8.93. The summed E-state index contributed by atoms with van der Waals surface area (Å²) in [5.74, 6) is -0.0916. The highest BCUT2D eigenvalue weighted by molar-refractivity contribution is 6.07. The molecule has 0 amide bonds. The molecule has 0 aliphatic rings. The van der Waals surface area contributed by atoms with Crippen molar-refractivity contribution in [3.05, 3.63) is 40.1 Å². The molecule has 1 aromatic carbocycles. The normalized spacial score (nSPS) is 10.6. The quantitative estimate of drug-likeness (QED) is 0.441. The highest BCUT2D eigenvalue weighted by Gasteiger charge is 2.14. The van der Waals surface area contributed by atoms with Gasteiger partial charge in [-0.1, -0.05) is 0 Å². The standard InChI is InChI=1S/C11H10N2O3/c1-7(14)10-6-12(2)11-4-3-8(13(15)16)5-9(10)11/h3-6H,1-2H3. The molecule has 0 unspecified atom stereocenters. The van der Waals surface area contributed by atoms with Gasteiger partial charge in [0, 0.05) is 41.8 Å². The number of nitro benzene ring substituents is 1. The van der Waals surface area contributed by atoms with Gasteiger partial charge in [0.1, 0.15) is 0 Å². The van der Waals surface area contributed by atoms with Crippen molar-refractivity contribution in [1.82, 2.24) is 4.57 Å². The summed E-state index contributed by atoms with van der Waals surface area (Å²) in [6.07, 6.45) is 1.69. The Kier molecular flexibility index (Phi) is 2.23. The molecule has 16 heavy (non-hydrogen) atoms. The summed E-state index contributed by atoms with van der Waals surface area (Å²) in [5, 5.41) is 11.3. The lowest BCUT2D eigenvalue weighted by molar-refractivity contribution is -0.384. The summed E-state index contributed by atoms with van der Waals surface area (Å²) in [6, 6.07) is 4.53. The number of aryl methyl sites for hydroxylation is 1. The van der Waals surface area contributed by atoms with E-state index in [1.54, 1.807) is 23.9 Å². The third-order valence-corrected chi connectivity index (χ3v) is 2.56. The van der Waals surface area contributed by atoms with Gasteiger partial charge in [0.15, 0.2) is 5.78 Å². The molecule has 0 saturated heterocycles. The van der Waals surface area contributed by atoms with Crippen molar-refractivity contribution in [3.8, 4) is 0 Å². The molecule has 82 valence electrons. The van der Waals surface area contributed by atoms with Crippen LogP contribution in [0.1, 0.15) is 17.3 Å². The average Bonchev–Trinajstić information content (AvgIpc) is 2.56. The van der Waals surface area contributed by atoms with Gasteiger partial charge >= 0.3 is 0 Å². The number of aromatic nitrogens is 1. The average molecular weight is 218 g/mol. The van der Waals surface area contributed by atoms with E-state index >= 15 is 0 Å². The van der Waals surface area contributed by atoms with Crippen LogP contribution in [0.4, 0.5) is 5.69 Å². The summed E-state index contributed by atoms with van der Waals surface area (Å²) in [5.41, 5.74) is 1.33. The third kappa shape index (κ3) is 1.46. The molecule has 2 aromatic rings. The van der Waals surface area contributed by atoms with E-state index in [9.17, 15) is 14.9 Å². The lowest BCUT2D eigenvalue weighted by Crippen LogP contribution is -1.90. The fraction of sp³-hybridized carbons (Fsp3) is 0.182. The van der Waals surface area contributed by atoms with Gasteiger partial charge in [-0.2, -0.15) is 0 Å². The Labute approximate surface area is 91.4 Å². The van der Waals surface area contributed by atoms with Gasteiger partial charge in [-0.05, 0) is 13.0 Å². The van der Waals surface area contributed by atoms with Crippen LogP contribution < -0.4 is 0 Å². The first kappa shape index (κ1) is 10.4. The van der Waals surface area contributed by atoms with Crippen LogP contribution in [0.5, 0.6) is 0 Å². The zero-order valence-electron chi connectivity index (χ0n) is 8.93. The zero-order chi connectivity index (χ0) is 11.9. The van der Waals surface area contributed by atoms with Crippen LogP contribution >= 0.6 is 0 Å². The van der Waals surface area contributed by atoms with Crippen LogP contribution in [0.2, 0.25) is 0 Å². The minimum Gasteiger partial charge on any atom is -0.350 e. The van der Waals surface area contributed by atoms with Gasteiger partial charge in [0.25, 0.3) is 5.69 Å². The number of carbonyl (C=O) groups excluding carboxylic acids is 1. The molecule has 1 aromatic heterocycles. The number of hydrogen-bond donors (Lipinski definition) is 0. The van der Waals surface area contributed by atoms with E-state index in [2.05, 4.69) is 0 Å². The van der Waals surface area contributed by atoms with Crippen molar-refractivity contribution >= 4 is 22.4 Å². The Hall–Kier alpha value is -2.17. The van der Waals surface area contributed by atoms with Gasteiger partial charge in [-0.25, -0.2) is 0 Å². The first-order valence-corrected chi connectivity index (χ1v) is 4.75. The molecule has 0 aliphatic carbocycles. The number of Topliss-reactive ketones (excluding diaryl/α,β-unsaturated/α-hetero) is 1. The number of carbonyl (C=O) groups is 1. The van der Waals surface area contributed by atoms with Gasteiger partial charge in [0.2, 0.25) is 0 Å². The topological polar surface area (TPSA) is 65.1 Å². The summed E-state index contributed by atoms with van der Waals surface area (Å²) in [4.78, 5) is 21.6. The minimum atomic E-state index is -0.462. The van der Waals surface area contributed by atoms with E-state index in [0.29, 0.717) is 10.9 Å². The summed E-state index contributed by atoms with van der Waals surface area (Å²) in [6.45, 7) is 1.45. The van der Waals surface area contributed by atoms with Crippen LogP contribution in [0.25, 0.3) is 10.9 Å². The summed E-state index contributed by atoms with van der Waals surface area (Å²) >= 11 is 0. The van der Waals surface area contributed by atoms with Crippen molar-refractivity contribution in [2.75, 3.05) is 0 Å². The Balaban J connectivity index is 2.79. The number of nitrogens with zero attached hydrogens (tertiary/aromatic N) is 2. The second-order valence-corrected chi connectivity index (χ2v) is 3.67. The van der Waals surface area contributed by atoms with Crippen LogP contribution in [0, 0.1) is 10.1 Å². The first-order valence-electron chi connectivity index (χ1n) is 4.75. The molecule has 0 N–H and O–H groups in total. The predicted molar refractivity (Wildman–Crippen MR) is 59.6 cm³/mol. The molecule has 0 atom stereocenters.